The normalized spacial score (nSPS) is 22.7. The zero-order chi connectivity index (χ0) is 25.0. The molecule has 1 unspecified atom stereocenters. The summed E-state index contributed by atoms with van der Waals surface area (Å²) in [5.41, 5.74) is 7.04. The van der Waals surface area contributed by atoms with E-state index < -0.39 is 5.41 Å². The molecule has 3 aliphatic rings. The highest BCUT2D eigenvalue weighted by Gasteiger charge is 2.65. The summed E-state index contributed by atoms with van der Waals surface area (Å²) < 4.78 is 5.42. The van der Waals surface area contributed by atoms with Crippen LogP contribution in [0.2, 0.25) is 0 Å². The van der Waals surface area contributed by atoms with Crippen molar-refractivity contribution < 1.29 is 9.53 Å². The Kier molecular flexibility index (Phi) is 5.18. The van der Waals surface area contributed by atoms with Crippen molar-refractivity contribution in [2.75, 3.05) is 25.5 Å². The minimum Gasteiger partial charge on any atom is -0.497 e. The standard InChI is InChI=1S/C31H30N4O2/c1-37-23-10-13-28-25(17-23)31(30(36)32-28)18-26(31)22-9-11-24-27(33-34-29(24)16-22)12-8-20-4-6-21(7-5-20)19-35-14-2-3-15-35/h4-13,16-17,26H,2-3,14-15,18-19H2,1H3,(H,32,36)(H,33,34)/b12-8+/t26-,31?/m0/s1. The number of hydrogen-bond acceptors (Lipinski definition) is 4. The van der Waals surface area contributed by atoms with Crippen LogP contribution in [0.1, 0.15) is 53.1 Å². The molecular formula is C31H30N4O2. The van der Waals surface area contributed by atoms with Gasteiger partial charge in [0, 0.05) is 23.5 Å². The summed E-state index contributed by atoms with van der Waals surface area (Å²) >= 11 is 0. The number of nitrogens with one attached hydrogen (secondary N) is 2. The van der Waals surface area contributed by atoms with Crippen molar-refractivity contribution in [3.63, 3.8) is 0 Å². The molecule has 2 N–H and O–H groups in total. The van der Waals surface area contributed by atoms with Crippen LogP contribution in [0.25, 0.3) is 23.1 Å². The average Bonchev–Trinajstić information content (AvgIpc) is 3.16. The maximum absolute atomic E-state index is 13.0. The number of ether oxygens (including phenoxy) is 1. The lowest BCUT2D eigenvalue weighted by molar-refractivity contribution is -0.118. The fourth-order valence-corrected chi connectivity index (χ4v) is 6.21. The maximum Gasteiger partial charge on any atom is 0.235 e. The number of carbonyl (C=O) groups excluding carboxylic acids is 1. The Hall–Kier alpha value is -3.90. The summed E-state index contributed by atoms with van der Waals surface area (Å²) in [5.74, 6) is 1.01. The van der Waals surface area contributed by atoms with Gasteiger partial charge >= 0.3 is 0 Å². The SMILES string of the molecule is COc1ccc2c(c1)C1(C[C@H]1c1ccc3c(/C=C/c4ccc(CN5CCCC5)cc4)n[nH]c3c1)C(=O)N2. The van der Waals surface area contributed by atoms with Crippen LogP contribution < -0.4 is 10.1 Å². The highest BCUT2D eigenvalue weighted by molar-refractivity contribution is 6.10. The Morgan fingerprint density at radius 3 is 2.70 bits per heavy atom. The van der Waals surface area contributed by atoms with Crippen LogP contribution in [0.3, 0.4) is 0 Å². The first kappa shape index (κ1) is 22.3. The quantitative estimate of drug-likeness (QED) is 0.363. The van der Waals surface area contributed by atoms with Crippen molar-refractivity contribution in [3.05, 3.63) is 88.6 Å². The van der Waals surface area contributed by atoms with Crippen molar-refractivity contribution in [1.29, 1.82) is 0 Å². The van der Waals surface area contributed by atoms with E-state index >= 15 is 0 Å². The van der Waals surface area contributed by atoms with E-state index in [0.29, 0.717) is 0 Å². The van der Waals surface area contributed by atoms with Crippen LogP contribution in [0.4, 0.5) is 5.69 Å². The topological polar surface area (TPSA) is 70.2 Å². The Bertz CT molecular complexity index is 1530. The molecule has 1 saturated carbocycles. The molecule has 1 aliphatic carbocycles. The van der Waals surface area contributed by atoms with Gasteiger partial charge in [0.1, 0.15) is 5.75 Å². The van der Waals surface area contributed by atoms with E-state index in [-0.39, 0.29) is 11.8 Å². The second-order valence-corrected chi connectivity index (χ2v) is 10.6. The highest BCUT2D eigenvalue weighted by atomic mass is 16.5. The molecule has 3 aromatic carbocycles. The van der Waals surface area contributed by atoms with Crippen LogP contribution in [0, 0.1) is 0 Å². The Morgan fingerprint density at radius 1 is 1.05 bits per heavy atom. The first-order valence-electron chi connectivity index (χ1n) is 13.1. The van der Waals surface area contributed by atoms with Crippen molar-refractivity contribution in [3.8, 4) is 5.75 Å². The maximum atomic E-state index is 13.0. The summed E-state index contributed by atoms with van der Waals surface area (Å²) in [5, 5.41) is 11.9. The predicted octanol–water partition coefficient (Wildman–Crippen LogP) is 5.72. The first-order chi connectivity index (χ1) is 18.1. The molecule has 6 heteroatoms. The van der Waals surface area contributed by atoms with Crippen molar-refractivity contribution in [2.24, 2.45) is 0 Å². The van der Waals surface area contributed by atoms with Gasteiger partial charge in [-0.3, -0.25) is 14.8 Å². The van der Waals surface area contributed by atoms with Gasteiger partial charge in [-0.1, -0.05) is 42.5 Å². The third-order valence-corrected chi connectivity index (χ3v) is 8.36. The zero-order valence-corrected chi connectivity index (χ0v) is 21.0. The number of rotatable bonds is 6. The third-order valence-electron chi connectivity index (χ3n) is 8.36. The van der Waals surface area contributed by atoms with Gasteiger partial charge in [0.05, 0.1) is 23.7 Å². The van der Waals surface area contributed by atoms with Gasteiger partial charge in [-0.2, -0.15) is 5.10 Å². The summed E-state index contributed by atoms with van der Waals surface area (Å²) in [4.78, 5) is 15.5. The molecule has 1 spiro atoms. The number of anilines is 1. The number of hydrogen-bond donors (Lipinski definition) is 2. The number of fused-ring (bicyclic) bond motifs is 3. The Balaban J connectivity index is 1.10. The molecule has 6 nitrogen and oxygen atoms in total. The molecule has 2 aliphatic heterocycles. The van der Waals surface area contributed by atoms with Crippen LogP contribution in [0.15, 0.2) is 60.7 Å². The van der Waals surface area contributed by atoms with E-state index in [4.69, 9.17) is 4.74 Å². The second kappa shape index (κ2) is 8.60. The van der Waals surface area contributed by atoms with E-state index in [1.807, 2.05) is 18.2 Å². The number of likely N-dealkylation sites (tertiary alicyclic amines) is 1. The predicted molar refractivity (Wildman–Crippen MR) is 147 cm³/mol. The van der Waals surface area contributed by atoms with Crippen molar-refractivity contribution in [2.45, 2.75) is 37.1 Å². The van der Waals surface area contributed by atoms with Crippen molar-refractivity contribution in [1.82, 2.24) is 15.1 Å². The molecular weight excluding hydrogens is 460 g/mol. The number of methoxy groups -OCH3 is 1. The van der Waals surface area contributed by atoms with E-state index in [9.17, 15) is 4.79 Å². The average molecular weight is 491 g/mol. The molecule has 2 fully saturated rings. The molecule has 0 radical (unpaired) electrons. The van der Waals surface area contributed by atoms with Gasteiger partial charge in [-0.15, -0.1) is 0 Å². The van der Waals surface area contributed by atoms with Gasteiger partial charge in [0.2, 0.25) is 5.91 Å². The van der Waals surface area contributed by atoms with Gasteiger partial charge in [0.25, 0.3) is 0 Å². The van der Waals surface area contributed by atoms with Gasteiger partial charge < -0.3 is 10.1 Å². The number of aromatic amines is 1. The molecule has 2 atom stereocenters. The number of benzene rings is 3. The lowest BCUT2D eigenvalue weighted by Gasteiger charge is -2.14. The molecule has 1 amide bonds. The molecule has 7 rings (SSSR count). The number of H-pyrrole nitrogens is 1. The van der Waals surface area contributed by atoms with E-state index in [1.54, 1.807) is 7.11 Å². The first-order valence-corrected chi connectivity index (χ1v) is 13.1. The fourth-order valence-electron chi connectivity index (χ4n) is 6.21. The molecule has 37 heavy (non-hydrogen) atoms. The van der Waals surface area contributed by atoms with E-state index in [0.717, 1.165) is 52.1 Å². The summed E-state index contributed by atoms with van der Waals surface area (Å²) in [6, 6.07) is 21.1. The van der Waals surface area contributed by atoms with E-state index in [1.165, 1.54) is 37.1 Å². The summed E-state index contributed by atoms with van der Waals surface area (Å²) in [7, 11) is 1.66. The van der Waals surface area contributed by atoms with Gasteiger partial charge in [0.15, 0.2) is 0 Å². The molecule has 186 valence electrons. The summed E-state index contributed by atoms with van der Waals surface area (Å²) in [6.45, 7) is 3.47. The lowest BCUT2D eigenvalue weighted by Crippen LogP contribution is -2.21. The van der Waals surface area contributed by atoms with Crippen LogP contribution in [0.5, 0.6) is 5.75 Å². The minimum atomic E-state index is -0.499. The smallest absolute Gasteiger partial charge is 0.235 e. The summed E-state index contributed by atoms with van der Waals surface area (Å²) in [6.07, 6.45) is 7.63. The fraction of sp³-hybridized carbons (Fsp3) is 0.290. The Morgan fingerprint density at radius 2 is 1.89 bits per heavy atom. The molecule has 1 aromatic heterocycles. The van der Waals surface area contributed by atoms with E-state index in [2.05, 4.69) is 75.0 Å². The van der Waals surface area contributed by atoms with Gasteiger partial charge in [-0.05, 0) is 84.9 Å². The Labute approximate surface area is 216 Å². The highest BCUT2D eigenvalue weighted by Crippen LogP contribution is 2.65. The lowest BCUT2D eigenvalue weighted by atomic mass is 9.91. The molecule has 4 aromatic rings. The molecule has 1 saturated heterocycles. The van der Waals surface area contributed by atoms with Crippen LogP contribution >= 0.6 is 0 Å². The number of amides is 1. The largest absolute Gasteiger partial charge is 0.497 e. The third kappa shape index (κ3) is 3.75. The monoisotopic (exact) mass is 490 g/mol. The number of carbonyl (C=O) groups is 1. The molecule has 0 bridgehead atoms. The number of aromatic nitrogens is 2. The number of nitrogens with zero attached hydrogens (tertiary/aromatic N) is 2. The van der Waals surface area contributed by atoms with Gasteiger partial charge in [-0.25, -0.2) is 0 Å². The second-order valence-electron chi connectivity index (χ2n) is 10.6. The molecule has 3 heterocycles. The van der Waals surface area contributed by atoms with Crippen LogP contribution in [-0.2, 0) is 16.8 Å². The minimum absolute atomic E-state index is 0.0838. The van der Waals surface area contributed by atoms with Crippen molar-refractivity contribution >= 4 is 34.6 Å². The van der Waals surface area contributed by atoms with Crippen LogP contribution in [-0.4, -0.2) is 41.2 Å². The zero-order valence-electron chi connectivity index (χ0n) is 21.0.